The molecule has 0 amide bonds. The number of rotatable bonds is 6. The van der Waals surface area contributed by atoms with Crippen LogP contribution in [0.5, 0.6) is 0 Å². The van der Waals surface area contributed by atoms with Crippen molar-refractivity contribution in [1.82, 2.24) is 14.6 Å². The Kier molecular flexibility index (Phi) is 5.75. The molecule has 0 saturated heterocycles. The summed E-state index contributed by atoms with van der Waals surface area (Å²) in [7, 11) is 0. The number of aromatic nitrogens is 3. The smallest absolute Gasteiger partial charge is 0.352 e. The molecule has 0 bridgehead atoms. The van der Waals surface area contributed by atoms with Crippen molar-refractivity contribution in [2.24, 2.45) is 0 Å². The SMILES string of the molecule is CCOC(=O)c1c(COC(=O)c2snnc2CC)nc2ccccc2c1C. The van der Waals surface area contributed by atoms with Gasteiger partial charge in [-0.2, -0.15) is 0 Å². The third-order valence-electron chi connectivity index (χ3n) is 4.12. The van der Waals surface area contributed by atoms with E-state index in [9.17, 15) is 9.59 Å². The van der Waals surface area contributed by atoms with Crippen LogP contribution in [0.1, 0.15) is 50.8 Å². The number of hydrogen-bond donors (Lipinski definition) is 0. The van der Waals surface area contributed by atoms with E-state index in [-0.39, 0.29) is 13.2 Å². The molecule has 7 nitrogen and oxygen atoms in total. The van der Waals surface area contributed by atoms with Crippen molar-refractivity contribution in [2.75, 3.05) is 6.61 Å². The van der Waals surface area contributed by atoms with Crippen molar-refractivity contribution in [3.8, 4) is 0 Å². The molecule has 2 aromatic heterocycles. The maximum Gasteiger partial charge on any atom is 0.352 e. The highest BCUT2D eigenvalue weighted by Crippen LogP contribution is 2.25. The first kappa shape index (κ1) is 18.9. The zero-order valence-electron chi connectivity index (χ0n) is 15.3. The molecule has 8 heteroatoms. The molecule has 0 spiro atoms. The van der Waals surface area contributed by atoms with Gasteiger partial charge >= 0.3 is 11.9 Å². The van der Waals surface area contributed by atoms with Gasteiger partial charge in [0, 0.05) is 5.39 Å². The molecule has 2 heterocycles. The Balaban J connectivity index is 1.96. The summed E-state index contributed by atoms with van der Waals surface area (Å²) in [6.07, 6.45) is 0.586. The summed E-state index contributed by atoms with van der Waals surface area (Å²) in [6, 6.07) is 7.50. The number of fused-ring (bicyclic) bond motifs is 1. The Hall–Kier alpha value is -2.87. The fourth-order valence-corrected chi connectivity index (χ4v) is 3.46. The van der Waals surface area contributed by atoms with Crippen molar-refractivity contribution in [2.45, 2.75) is 33.8 Å². The van der Waals surface area contributed by atoms with E-state index in [0.29, 0.717) is 28.2 Å². The monoisotopic (exact) mass is 385 g/mol. The van der Waals surface area contributed by atoms with Gasteiger partial charge in [-0.15, -0.1) is 5.10 Å². The zero-order chi connectivity index (χ0) is 19.4. The minimum absolute atomic E-state index is 0.139. The van der Waals surface area contributed by atoms with Gasteiger partial charge in [-0.1, -0.05) is 29.6 Å². The first-order chi connectivity index (χ1) is 13.1. The third kappa shape index (κ3) is 3.80. The number of para-hydroxylation sites is 1. The van der Waals surface area contributed by atoms with E-state index in [1.165, 1.54) is 0 Å². The Labute approximate surface area is 160 Å². The van der Waals surface area contributed by atoms with E-state index in [4.69, 9.17) is 9.47 Å². The van der Waals surface area contributed by atoms with E-state index in [1.807, 2.05) is 38.1 Å². The van der Waals surface area contributed by atoms with Gasteiger partial charge in [0.25, 0.3) is 0 Å². The molecule has 0 unspecified atom stereocenters. The van der Waals surface area contributed by atoms with Crippen molar-refractivity contribution < 1.29 is 19.1 Å². The van der Waals surface area contributed by atoms with Crippen LogP contribution in [0.4, 0.5) is 0 Å². The van der Waals surface area contributed by atoms with Crippen LogP contribution in [0, 0.1) is 6.92 Å². The molecular weight excluding hydrogens is 366 g/mol. The molecule has 140 valence electrons. The van der Waals surface area contributed by atoms with Gasteiger partial charge in [0.15, 0.2) is 4.88 Å². The molecule has 1 aromatic carbocycles. The van der Waals surface area contributed by atoms with Gasteiger partial charge < -0.3 is 9.47 Å². The van der Waals surface area contributed by atoms with E-state index in [0.717, 1.165) is 28.0 Å². The van der Waals surface area contributed by atoms with Gasteiger partial charge in [-0.3, -0.25) is 0 Å². The van der Waals surface area contributed by atoms with E-state index in [2.05, 4.69) is 14.6 Å². The average molecular weight is 385 g/mol. The number of pyridine rings is 1. The molecule has 3 rings (SSSR count). The van der Waals surface area contributed by atoms with Crippen LogP contribution in [0.3, 0.4) is 0 Å². The molecule has 3 aromatic rings. The largest absolute Gasteiger partial charge is 0.462 e. The van der Waals surface area contributed by atoms with E-state index in [1.54, 1.807) is 6.92 Å². The minimum Gasteiger partial charge on any atom is -0.462 e. The summed E-state index contributed by atoms with van der Waals surface area (Å²) in [4.78, 5) is 29.8. The Morgan fingerprint density at radius 3 is 2.59 bits per heavy atom. The van der Waals surface area contributed by atoms with Crippen molar-refractivity contribution >= 4 is 34.4 Å². The van der Waals surface area contributed by atoms with E-state index < -0.39 is 11.9 Å². The number of carbonyl (C=O) groups is 2. The number of aryl methyl sites for hydroxylation is 2. The second-order valence-corrected chi connectivity index (χ2v) is 6.53. The van der Waals surface area contributed by atoms with Gasteiger partial charge in [-0.25, -0.2) is 14.6 Å². The first-order valence-electron chi connectivity index (χ1n) is 8.60. The molecule has 0 aliphatic carbocycles. The van der Waals surface area contributed by atoms with Crippen LogP contribution in [-0.4, -0.2) is 33.1 Å². The lowest BCUT2D eigenvalue weighted by Gasteiger charge is -2.14. The number of ether oxygens (including phenoxy) is 2. The summed E-state index contributed by atoms with van der Waals surface area (Å²) in [5, 5.41) is 4.77. The maximum atomic E-state index is 12.5. The van der Waals surface area contributed by atoms with Crippen molar-refractivity contribution in [3.05, 3.63) is 51.7 Å². The molecule has 0 N–H and O–H groups in total. The summed E-state index contributed by atoms with van der Waals surface area (Å²) >= 11 is 0.994. The fraction of sp³-hybridized carbons (Fsp3) is 0.316. The van der Waals surface area contributed by atoms with Crippen LogP contribution in [-0.2, 0) is 22.5 Å². The van der Waals surface area contributed by atoms with Gasteiger partial charge in [-0.05, 0) is 43.4 Å². The van der Waals surface area contributed by atoms with E-state index >= 15 is 0 Å². The predicted molar refractivity (Wildman–Crippen MR) is 101 cm³/mol. The average Bonchev–Trinajstić information content (AvgIpc) is 3.15. The van der Waals surface area contributed by atoms with Crippen LogP contribution in [0.2, 0.25) is 0 Å². The summed E-state index contributed by atoms with van der Waals surface area (Å²) in [6.45, 7) is 5.57. The first-order valence-corrected chi connectivity index (χ1v) is 9.37. The second kappa shape index (κ2) is 8.22. The number of hydrogen-bond acceptors (Lipinski definition) is 8. The highest BCUT2D eigenvalue weighted by Gasteiger charge is 2.22. The lowest BCUT2D eigenvalue weighted by molar-refractivity contribution is 0.0447. The number of benzene rings is 1. The molecular formula is C19H19N3O4S. The normalized spacial score (nSPS) is 10.8. The summed E-state index contributed by atoms with van der Waals surface area (Å²) in [5.74, 6) is -1.00. The van der Waals surface area contributed by atoms with Gasteiger partial charge in [0.1, 0.15) is 6.61 Å². The molecule has 0 aliphatic heterocycles. The zero-order valence-corrected chi connectivity index (χ0v) is 16.1. The second-order valence-electron chi connectivity index (χ2n) is 5.77. The molecule has 0 fully saturated rings. The highest BCUT2D eigenvalue weighted by atomic mass is 32.1. The Bertz CT molecular complexity index is 1000. The van der Waals surface area contributed by atoms with Crippen LogP contribution in [0.25, 0.3) is 10.9 Å². The highest BCUT2D eigenvalue weighted by molar-refractivity contribution is 7.07. The Morgan fingerprint density at radius 1 is 1.07 bits per heavy atom. The molecule has 0 radical (unpaired) electrons. The van der Waals surface area contributed by atoms with Crippen LogP contribution < -0.4 is 0 Å². The number of nitrogens with zero attached hydrogens (tertiary/aromatic N) is 3. The molecule has 0 atom stereocenters. The van der Waals surface area contributed by atoms with Crippen molar-refractivity contribution in [3.63, 3.8) is 0 Å². The standard InChI is InChI=1S/C19H19N3O4S/c1-4-13-17(27-22-21-13)19(24)26-10-15-16(18(23)25-5-2)11(3)12-8-6-7-9-14(12)20-15/h6-9H,4-5,10H2,1-3H3. The maximum absolute atomic E-state index is 12.5. The quantitative estimate of drug-likeness (QED) is 0.600. The van der Waals surface area contributed by atoms with Gasteiger partial charge in [0.2, 0.25) is 0 Å². The lowest BCUT2D eigenvalue weighted by atomic mass is 10.0. The predicted octanol–water partition coefficient (Wildman–Crippen LogP) is 3.49. The van der Waals surface area contributed by atoms with Gasteiger partial charge in [0.05, 0.1) is 29.1 Å². The number of esters is 2. The number of carbonyl (C=O) groups excluding carboxylic acids is 2. The van der Waals surface area contributed by atoms with Crippen LogP contribution in [0.15, 0.2) is 24.3 Å². The molecule has 27 heavy (non-hydrogen) atoms. The molecule has 0 saturated carbocycles. The topological polar surface area (TPSA) is 91.3 Å². The Morgan fingerprint density at radius 2 is 1.85 bits per heavy atom. The summed E-state index contributed by atoms with van der Waals surface area (Å²) in [5.41, 5.74) is 2.77. The van der Waals surface area contributed by atoms with Crippen LogP contribution >= 0.6 is 11.5 Å². The lowest BCUT2D eigenvalue weighted by Crippen LogP contribution is -2.15. The third-order valence-corrected chi connectivity index (χ3v) is 4.87. The van der Waals surface area contributed by atoms with Crippen molar-refractivity contribution in [1.29, 1.82) is 0 Å². The minimum atomic E-state index is -0.524. The fourth-order valence-electron chi connectivity index (χ4n) is 2.81. The summed E-state index contributed by atoms with van der Waals surface area (Å²) < 4.78 is 14.4. The molecule has 0 aliphatic rings.